The number of carbonyl (C=O) groups excluding carboxylic acids is 3. The number of rotatable bonds is 10. The normalized spacial score (nSPS) is 10.3. The summed E-state index contributed by atoms with van der Waals surface area (Å²) in [7, 11) is 5.69. The summed E-state index contributed by atoms with van der Waals surface area (Å²) in [5.41, 5.74) is 1.20. The van der Waals surface area contributed by atoms with Crippen LogP contribution in [0.25, 0.3) is 0 Å². The number of methoxy groups -OCH3 is 4. The fourth-order valence-corrected chi connectivity index (χ4v) is 4.38. The van der Waals surface area contributed by atoms with Crippen LogP contribution in [0.1, 0.15) is 20.7 Å². The molecule has 184 valence electrons. The molecule has 0 aliphatic carbocycles. The predicted molar refractivity (Wildman–Crippen MR) is 131 cm³/mol. The largest absolute Gasteiger partial charge is 0.493 e. The Bertz CT molecular complexity index is 1190. The molecule has 1 heterocycles. The van der Waals surface area contributed by atoms with E-state index in [2.05, 4.69) is 25.6 Å². The number of nitrogens with one attached hydrogen (secondary N) is 2. The molecule has 0 atom stereocenters. The first-order valence-corrected chi connectivity index (χ1v) is 11.7. The molecule has 3 aromatic rings. The van der Waals surface area contributed by atoms with Crippen LogP contribution in [0.15, 0.2) is 40.7 Å². The number of thioether (sulfide) groups is 1. The number of nitrogens with zero attached hydrogens (tertiary/aromatic N) is 2. The predicted octanol–water partition coefficient (Wildman–Crippen LogP) is 3.33. The lowest BCUT2D eigenvalue weighted by atomic mass is 10.1. The zero-order valence-corrected chi connectivity index (χ0v) is 20.9. The van der Waals surface area contributed by atoms with E-state index in [9.17, 15) is 14.4 Å². The van der Waals surface area contributed by atoms with Gasteiger partial charge in [-0.2, -0.15) is 0 Å². The van der Waals surface area contributed by atoms with Gasteiger partial charge in [-0.3, -0.25) is 14.9 Å². The van der Waals surface area contributed by atoms with Crippen LogP contribution >= 0.6 is 23.1 Å². The van der Waals surface area contributed by atoms with Crippen LogP contribution in [-0.2, 0) is 9.53 Å². The smallest absolute Gasteiger partial charge is 0.337 e. The summed E-state index contributed by atoms with van der Waals surface area (Å²) >= 11 is 2.30. The molecule has 2 N–H and O–H groups in total. The second kappa shape index (κ2) is 12.0. The molecule has 3 rings (SSSR count). The molecule has 1 aromatic heterocycles. The molecule has 35 heavy (non-hydrogen) atoms. The van der Waals surface area contributed by atoms with Crippen molar-refractivity contribution in [3.63, 3.8) is 0 Å². The van der Waals surface area contributed by atoms with Gasteiger partial charge in [0.05, 0.1) is 39.8 Å². The lowest BCUT2D eigenvalue weighted by Gasteiger charge is -2.13. The van der Waals surface area contributed by atoms with Gasteiger partial charge in [0.15, 0.2) is 15.8 Å². The summed E-state index contributed by atoms with van der Waals surface area (Å²) in [6.45, 7) is 0. The fraction of sp³-hybridized carbons (Fsp3) is 0.227. The SMILES string of the molecule is COC(=O)c1ccc(NC(=O)CSc2nnc(NC(=O)c3cc(OC)c(OC)c(OC)c3)s2)cc1. The number of benzene rings is 2. The molecule has 11 nitrogen and oxygen atoms in total. The number of amides is 2. The molecule has 13 heteroatoms. The van der Waals surface area contributed by atoms with Gasteiger partial charge < -0.3 is 24.3 Å². The number of aromatic nitrogens is 2. The van der Waals surface area contributed by atoms with Crippen molar-refractivity contribution in [2.24, 2.45) is 0 Å². The van der Waals surface area contributed by atoms with Crippen molar-refractivity contribution >= 4 is 51.7 Å². The Morgan fingerprint density at radius 2 is 1.54 bits per heavy atom. The Morgan fingerprint density at radius 1 is 0.886 bits per heavy atom. The number of anilines is 2. The minimum Gasteiger partial charge on any atom is -0.493 e. The van der Waals surface area contributed by atoms with Crippen LogP contribution in [0.3, 0.4) is 0 Å². The van der Waals surface area contributed by atoms with Crippen molar-refractivity contribution < 1.29 is 33.3 Å². The summed E-state index contributed by atoms with van der Waals surface area (Å²) in [6.07, 6.45) is 0. The van der Waals surface area contributed by atoms with E-state index >= 15 is 0 Å². The Balaban J connectivity index is 1.56. The van der Waals surface area contributed by atoms with Gasteiger partial charge in [-0.05, 0) is 36.4 Å². The molecule has 0 spiro atoms. The standard InChI is InChI=1S/C22H22N4O7S2/c1-30-15-9-13(10-16(31-2)18(15)32-3)19(28)24-21-25-26-22(35-21)34-11-17(27)23-14-7-5-12(6-8-14)20(29)33-4/h5-10H,11H2,1-4H3,(H,23,27)(H,24,25,28). The molecule has 0 fully saturated rings. The number of esters is 1. The van der Waals surface area contributed by atoms with Gasteiger partial charge >= 0.3 is 5.97 Å². The third-order valence-electron chi connectivity index (χ3n) is 4.47. The van der Waals surface area contributed by atoms with Crippen molar-refractivity contribution in [2.45, 2.75) is 4.34 Å². The minimum absolute atomic E-state index is 0.0776. The van der Waals surface area contributed by atoms with Crippen LogP contribution < -0.4 is 24.8 Å². The van der Waals surface area contributed by atoms with Crippen LogP contribution in [-0.4, -0.2) is 62.2 Å². The molecular weight excluding hydrogens is 496 g/mol. The van der Waals surface area contributed by atoms with Crippen molar-refractivity contribution in [3.8, 4) is 17.2 Å². The van der Waals surface area contributed by atoms with Gasteiger partial charge in [-0.1, -0.05) is 23.1 Å². The lowest BCUT2D eigenvalue weighted by Crippen LogP contribution is -2.14. The molecule has 0 saturated carbocycles. The zero-order chi connectivity index (χ0) is 25.4. The second-order valence-electron chi connectivity index (χ2n) is 6.65. The Morgan fingerprint density at radius 3 is 2.11 bits per heavy atom. The van der Waals surface area contributed by atoms with Crippen molar-refractivity contribution in [1.29, 1.82) is 0 Å². The first-order chi connectivity index (χ1) is 16.9. The van der Waals surface area contributed by atoms with E-state index in [-0.39, 0.29) is 22.4 Å². The number of hydrogen-bond acceptors (Lipinski definition) is 11. The monoisotopic (exact) mass is 518 g/mol. The van der Waals surface area contributed by atoms with Crippen LogP contribution in [0.2, 0.25) is 0 Å². The third kappa shape index (κ3) is 6.61. The van der Waals surface area contributed by atoms with Gasteiger partial charge in [0.25, 0.3) is 5.91 Å². The van der Waals surface area contributed by atoms with E-state index in [1.807, 2.05) is 0 Å². The van der Waals surface area contributed by atoms with E-state index in [1.165, 1.54) is 52.3 Å². The van der Waals surface area contributed by atoms with Gasteiger partial charge in [0.2, 0.25) is 16.8 Å². The van der Waals surface area contributed by atoms with Gasteiger partial charge in [0, 0.05) is 11.3 Å². The summed E-state index contributed by atoms with van der Waals surface area (Å²) in [4.78, 5) is 36.4. The van der Waals surface area contributed by atoms with E-state index in [4.69, 9.17) is 14.2 Å². The minimum atomic E-state index is -0.456. The highest BCUT2D eigenvalue weighted by Gasteiger charge is 2.18. The topological polar surface area (TPSA) is 138 Å². The number of carbonyl (C=O) groups is 3. The molecule has 2 aromatic carbocycles. The van der Waals surface area contributed by atoms with E-state index in [0.717, 1.165) is 11.3 Å². The fourth-order valence-electron chi connectivity index (χ4n) is 2.83. The molecule has 0 radical (unpaired) electrons. The first kappa shape index (κ1) is 25.8. The van der Waals surface area contributed by atoms with E-state index in [0.29, 0.717) is 32.8 Å². The molecule has 0 unspecified atom stereocenters. The van der Waals surface area contributed by atoms with E-state index < -0.39 is 11.9 Å². The maximum Gasteiger partial charge on any atom is 0.337 e. The average molecular weight is 519 g/mol. The Kier molecular flexibility index (Phi) is 8.86. The lowest BCUT2D eigenvalue weighted by molar-refractivity contribution is -0.113. The quantitative estimate of drug-likeness (QED) is 0.233. The number of ether oxygens (including phenoxy) is 4. The zero-order valence-electron chi connectivity index (χ0n) is 19.2. The summed E-state index contributed by atoms with van der Waals surface area (Å²) < 4.78 is 20.9. The maximum absolute atomic E-state index is 12.7. The molecule has 0 bridgehead atoms. The van der Waals surface area contributed by atoms with Gasteiger partial charge in [-0.15, -0.1) is 10.2 Å². The van der Waals surface area contributed by atoms with E-state index in [1.54, 1.807) is 24.3 Å². The van der Waals surface area contributed by atoms with Crippen LogP contribution in [0, 0.1) is 0 Å². The molecule has 0 aliphatic rings. The van der Waals surface area contributed by atoms with Gasteiger partial charge in [0.1, 0.15) is 0 Å². The van der Waals surface area contributed by atoms with Crippen molar-refractivity contribution in [3.05, 3.63) is 47.5 Å². The van der Waals surface area contributed by atoms with Crippen molar-refractivity contribution in [1.82, 2.24) is 10.2 Å². The molecular formula is C22H22N4O7S2. The molecule has 2 amide bonds. The summed E-state index contributed by atoms with van der Waals surface area (Å²) in [5.74, 6) is -0.0208. The van der Waals surface area contributed by atoms with Crippen LogP contribution in [0.5, 0.6) is 17.2 Å². The Labute approximate surface area is 209 Å². The Hall–Kier alpha value is -3.84. The maximum atomic E-state index is 12.7. The third-order valence-corrected chi connectivity index (χ3v) is 6.44. The summed E-state index contributed by atoms with van der Waals surface area (Å²) in [5, 5.41) is 13.6. The first-order valence-electron chi connectivity index (χ1n) is 9.94. The number of hydrogen-bond donors (Lipinski definition) is 2. The molecule has 0 saturated heterocycles. The highest BCUT2D eigenvalue weighted by Crippen LogP contribution is 2.38. The molecule has 0 aliphatic heterocycles. The van der Waals surface area contributed by atoms with Gasteiger partial charge in [-0.25, -0.2) is 4.79 Å². The highest BCUT2D eigenvalue weighted by atomic mass is 32.2. The summed E-state index contributed by atoms with van der Waals surface area (Å²) in [6, 6.07) is 9.38. The van der Waals surface area contributed by atoms with Crippen LogP contribution in [0.4, 0.5) is 10.8 Å². The highest BCUT2D eigenvalue weighted by molar-refractivity contribution is 8.01. The average Bonchev–Trinajstić information content (AvgIpc) is 3.33. The second-order valence-corrected chi connectivity index (χ2v) is 8.85. The van der Waals surface area contributed by atoms with Crippen molar-refractivity contribution in [2.75, 3.05) is 44.8 Å².